The minimum Gasteiger partial charge on any atom is -0.744 e. The molecule has 3 aromatic rings. The van der Waals surface area contributed by atoms with E-state index in [1.165, 1.54) is 18.2 Å². The molecule has 0 aliphatic rings. The Morgan fingerprint density at radius 2 is 1.38 bits per heavy atom. The van der Waals surface area contributed by atoms with Crippen LogP contribution in [0.3, 0.4) is 0 Å². The van der Waals surface area contributed by atoms with Gasteiger partial charge in [-0.25, -0.2) is 18.0 Å². The van der Waals surface area contributed by atoms with Crippen molar-refractivity contribution in [3.8, 4) is 11.5 Å². The van der Waals surface area contributed by atoms with E-state index in [0.29, 0.717) is 8.95 Å². The third-order valence-electron chi connectivity index (χ3n) is 4.03. The fourth-order valence-electron chi connectivity index (χ4n) is 2.67. The zero-order chi connectivity index (χ0) is 25.4. The Morgan fingerprint density at radius 3 is 1.91 bits per heavy atom. The molecule has 0 atom stereocenters. The van der Waals surface area contributed by atoms with E-state index in [4.69, 9.17) is 9.47 Å². The molecular weight excluding hydrogens is 958 g/mol. The number of carbonyl (C=O) groups is 2. The summed E-state index contributed by atoms with van der Waals surface area (Å²) in [5.74, 6) is -1.49. The van der Waals surface area contributed by atoms with Crippen molar-refractivity contribution < 1.29 is 32.0 Å². The number of carbonyl (C=O) groups excluding carboxylic acids is 2. The Labute approximate surface area is 254 Å². The Morgan fingerprint density at radius 1 is 0.824 bits per heavy atom. The van der Waals surface area contributed by atoms with Crippen LogP contribution in [0.4, 0.5) is 0 Å². The molecule has 14 heteroatoms. The number of hydrogen-bond acceptors (Lipinski definition) is 7. The summed E-state index contributed by atoms with van der Waals surface area (Å²) in [6, 6.07) is 10.4. The van der Waals surface area contributed by atoms with E-state index in [0.717, 1.165) is 4.47 Å². The number of halogens is 6. The largest absolute Gasteiger partial charge is 0.744 e. The van der Waals surface area contributed by atoms with E-state index in [1.54, 1.807) is 69.4 Å². The van der Waals surface area contributed by atoms with Crippen molar-refractivity contribution in [2.24, 2.45) is 0 Å². The van der Waals surface area contributed by atoms with Gasteiger partial charge in [0.2, 0.25) is 0 Å². The predicted molar refractivity (Wildman–Crippen MR) is 153 cm³/mol. The van der Waals surface area contributed by atoms with E-state index in [2.05, 4.69) is 63.7 Å². The van der Waals surface area contributed by atoms with Gasteiger partial charge in [-0.05, 0) is 129 Å². The maximum absolute atomic E-state index is 13.0. The van der Waals surface area contributed by atoms with Gasteiger partial charge in [-0.1, -0.05) is 22.0 Å². The van der Waals surface area contributed by atoms with Gasteiger partial charge in [0.05, 0.1) is 25.0 Å². The Bertz CT molecular complexity index is 1400. The number of hydrogen-bond donors (Lipinski definition) is 0. The Hall–Kier alpha value is -0.110. The zero-order valence-corrected chi connectivity index (χ0v) is 27.6. The molecule has 0 spiro atoms. The van der Waals surface area contributed by atoms with Gasteiger partial charge in [0.25, 0.3) is 0 Å². The SMILES string of the molecule is O=C(Oc1c(Br)cc(Br)cc1Br)c1cccc(Br)c1C(=O)Oc1cc(I)c(S(=O)(=O)[O-])c(I)c1. The fraction of sp³-hybridized carbons (Fsp3) is 0. The van der Waals surface area contributed by atoms with Crippen LogP contribution in [-0.4, -0.2) is 24.9 Å². The summed E-state index contributed by atoms with van der Waals surface area (Å²) in [6.07, 6.45) is 0. The smallest absolute Gasteiger partial charge is 0.345 e. The summed E-state index contributed by atoms with van der Waals surface area (Å²) in [7, 11) is -4.71. The van der Waals surface area contributed by atoms with Gasteiger partial charge in [-0.15, -0.1) is 0 Å². The summed E-state index contributed by atoms with van der Waals surface area (Å²) in [6.45, 7) is 0. The Kier molecular flexibility index (Phi) is 9.64. The summed E-state index contributed by atoms with van der Waals surface area (Å²) < 4.78 is 47.6. The second kappa shape index (κ2) is 11.5. The van der Waals surface area contributed by atoms with Crippen molar-refractivity contribution in [1.29, 1.82) is 0 Å². The van der Waals surface area contributed by atoms with Gasteiger partial charge in [0.1, 0.15) is 15.9 Å². The van der Waals surface area contributed by atoms with Gasteiger partial charge >= 0.3 is 11.9 Å². The van der Waals surface area contributed by atoms with E-state index in [-0.39, 0.29) is 34.2 Å². The summed E-state index contributed by atoms with van der Waals surface area (Å²) in [4.78, 5) is 25.6. The Balaban J connectivity index is 1.96. The van der Waals surface area contributed by atoms with Crippen LogP contribution in [0, 0.1) is 7.14 Å². The highest BCUT2D eigenvalue weighted by Gasteiger charge is 2.25. The molecule has 0 saturated carbocycles. The van der Waals surface area contributed by atoms with Crippen LogP contribution >= 0.6 is 109 Å². The number of esters is 2. The molecule has 3 rings (SSSR count). The van der Waals surface area contributed by atoms with Crippen LogP contribution in [-0.2, 0) is 10.1 Å². The second-order valence-corrected chi connectivity index (χ2v) is 13.4. The van der Waals surface area contributed by atoms with Crippen molar-refractivity contribution in [2.75, 3.05) is 0 Å². The molecule has 0 saturated heterocycles. The molecule has 3 aromatic carbocycles. The molecule has 0 aliphatic heterocycles. The lowest BCUT2D eigenvalue weighted by atomic mass is 10.1. The van der Waals surface area contributed by atoms with Crippen molar-refractivity contribution in [3.05, 3.63) is 78.6 Å². The first-order chi connectivity index (χ1) is 15.8. The number of benzene rings is 3. The third-order valence-corrected chi connectivity index (χ3v) is 9.70. The first kappa shape index (κ1) is 28.5. The monoisotopic (exact) mass is 960 g/mol. The van der Waals surface area contributed by atoms with E-state index < -0.39 is 27.0 Å². The summed E-state index contributed by atoms with van der Waals surface area (Å²) in [5, 5.41) is 0. The quantitative estimate of drug-likeness (QED) is 0.115. The average molecular weight is 965 g/mol. The minimum absolute atomic E-state index is 0.000307. The zero-order valence-electron chi connectivity index (χ0n) is 16.1. The molecule has 34 heavy (non-hydrogen) atoms. The minimum atomic E-state index is -4.71. The van der Waals surface area contributed by atoms with Gasteiger partial charge < -0.3 is 14.0 Å². The predicted octanol–water partition coefficient (Wildman–Crippen LogP) is 7.29. The van der Waals surface area contributed by atoms with Crippen molar-refractivity contribution >= 4 is 131 Å². The normalized spacial score (nSPS) is 11.3. The van der Waals surface area contributed by atoms with Crippen LogP contribution in [0.25, 0.3) is 0 Å². The highest BCUT2D eigenvalue weighted by atomic mass is 127. The highest BCUT2D eigenvalue weighted by Crippen LogP contribution is 2.37. The molecule has 0 heterocycles. The van der Waals surface area contributed by atoms with Gasteiger partial charge in [0.15, 0.2) is 5.75 Å². The highest BCUT2D eigenvalue weighted by molar-refractivity contribution is 14.1. The maximum atomic E-state index is 13.0. The van der Waals surface area contributed by atoms with E-state index in [1.807, 2.05) is 0 Å². The average Bonchev–Trinajstić information content (AvgIpc) is 2.68. The summed E-state index contributed by atoms with van der Waals surface area (Å²) >= 11 is 16.6. The molecule has 0 amide bonds. The molecule has 7 nitrogen and oxygen atoms in total. The molecule has 0 fully saturated rings. The molecule has 0 N–H and O–H groups in total. The number of ether oxygens (including phenoxy) is 2. The molecule has 178 valence electrons. The molecule has 0 aromatic heterocycles. The van der Waals surface area contributed by atoms with Crippen LogP contribution < -0.4 is 9.47 Å². The lowest BCUT2D eigenvalue weighted by Gasteiger charge is -2.15. The molecular formula is C20H7Br4I2O7S-. The van der Waals surface area contributed by atoms with Crippen molar-refractivity contribution in [1.82, 2.24) is 0 Å². The second-order valence-electron chi connectivity index (χ2n) is 6.31. The van der Waals surface area contributed by atoms with Crippen LogP contribution in [0.2, 0.25) is 0 Å². The maximum Gasteiger partial charge on any atom is 0.345 e. The topological polar surface area (TPSA) is 110 Å². The van der Waals surface area contributed by atoms with Crippen molar-refractivity contribution in [3.63, 3.8) is 0 Å². The van der Waals surface area contributed by atoms with E-state index >= 15 is 0 Å². The van der Waals surface area contributed by atoms with Crippen LogP contribution in [0.5, 0.6) is 11.5 Å². The lowest BCUT2D eigenvalue weighted by molar-refractivity contribution is 0.0689. The molecule has 0 radical (unpaired) electrons. The van der Waals surface area contributed by atoms with Crippen molar-refractivity contribution in [2.45, 2.75) is 4.90 Å². The fourth-order valence-corrected chi connectivity index (χ4v) is 9.54. The third kappa shape index (κ3) is 6.60. The molecule has 0 unspecified atom stereocenters. The molecule has 0 aliphatic carbocycles. The standard InChI is InChI=1S/C20H8Br4I2O7S/c21-8-4-12(23)17(13(24)5-8)33-19(27)10-2-1-3-11(22)16(10)20(28)32-9-6-14(25)18(15(26)7-9)34(29,30)31/h1-7H,(H,29,30,31)/p-1. The summed E-state index contributed by atoms with van der Waals surface area (Å²) in [5.41, 5.74) is -0.161. The first-order valence-corrected chi connectivity index (χ1v) is 15.4. The van der Waals surface area contributed by atoms with Gasteiger partial charge in [-0.3, -0.25) is 0 Å². The van der Waals surface area contributed by atoms with Crippen LogP contribution in [0.1, 0.15) is 20.7 Å². The van der Waals surface area contributed by atoms with Gasteiger partial charge in [0, 0.05) is 16.1 Å². The van der Waals surface area contributed by atoms with Crippen LogP contribution in [0.15, 0.2) is 65.3 Å². The van der Waals surface area contributed by atoms with Gasteiger partial charge in [-0.2, -0.15) is 0 Å². The molecule has 0 bridgehead atoms. The van der Waals surface area contributed by atoms with E-state index in [9.17, 15) is 22.6 Å². The number of rotatable bonds is 5. The lowest BCUT2D eigenvalue weighted by Crippen LogP contribution is -2.19. The first-order valence-electron chi connectivity index (χ1n) is 8.62.